The van der Waals surface area contributed by atoms with Crippen molar-refractivity contribution in [2.24, 2.45) is 10.1 Å². The number of nitro groups is 1. The van der Waals surface area contributed by atoms with Crippen molar-refractivity contribution >= 4 is 47.5 Å². The number of hydrogen-bond acceptors (Lipinski definition) is 13. The number of aliphatic hydroxyl groups is 1. The molecule has 4 aromatic rings. The van der Waals surface area contributed by atoms with Crippen LogP contribution >= 0.6 is 11.3 Å². The molecule has 1 aliphatic heterocycles. The zero-order valence-electron chi connectivity index (χ0n) is 29.3. The van der Waals surface area contributed by atoms with E-state index in [1.165, 1.54) is 36.1 Å². The SMILES string of the molecule is C[C@@H](c1nc(-c2ccc(C#N)cc2)cs1)[C@](O)(C[N+]1(CCOC(=O)Nc2cc([N+](=O)[O-])ccc2COC(=O)CN(C)C)C=NC=N1)c1cc(F)ccc1F. The van der Waals surface area contributed by atoms with Crippen LogP contribution in [0.25, 0.3) is 11.3 Å². The van der Waals surface area contributed by atoms with E-state index in [-0.39, 0.29) is 48.8 Å². The largest absolute Gasteiger partial charge is 0.460 e. The molecular formula is C36H35F2N8O7S+. The van der Waals surface area contributed by atoms with E-state index < -0.39 is 51.3 Å². The summed E-state index contributed by atoms with van der Waals surface area (Å²) in [4.78, 5) is 46.2. The molecule has 2 N–H and O–H groups in total. The Morgan fingerprint density at radius 1 is 1.15 bits per heavy atom. The zero-order chi connectivity index (χ0) is 39.0. The normalized spacial score (nSPS) is 16.4. The summed E-state index contributed by atoms with van der Waals surface area (Å²) < 4.78 is 40.3. The lowest BCUT2D eigenvalue weighted by molar-refractivity contribution is -0.848. The summed E-state index contributed by atoms with van der Waals surface area (Å²) in [7, 11) is 3.36. The van der Waals surface area contributed by atoms with Crippen molar-refractivity contribution in [2.45, 2.75) is 25.0 Å². The van der Waals surface area contributed by atoms with Crippen LogP contribution in [0.4, 0.5) is 25.0 Å². The van der Waals surface area contributed by atoms with Crippen molar-refractivity contribution in [3.8, 4) is 17.3 Å². The molecule has 0 bridgehead atoms. The first kappa shape index (κ1) is 39.2. The van der Waals surface area contributed by atoms with Crippen LogP contribution in [0.1, 0.15) is 34.5 Å². The molecule has 3 aromatic carbocycles. The summed E-state index contributed by atoms with van der Waals surface area (Å²) in [6.45, 7) is 0.473. The third-order valence-corrected chi connectivity index (χ3v) is 9.57. The average molecular weight is 762 g/mol. The molecule has 280 valence electrons. The Labute approximate surface area is 312 Å². The maximum atomic E-state index is 15.5. The third-order valence-electron chi connectivity index (χ3n) is 8.54. The fourth-order valence-electron chi connectivity index (χ4n) is 5.66. The lowest BCUT2D eigenvalue weighted by Gasteiger charge is -2.38. The molecule has 54 heavy (non-hydrogen) atoms. The van der Waals surface area contributed by atoms with Gasteiger partial charge < -0.3 is 14.6 Å². The molecule has 18 heteroatoms. The monoisotopic (exact) mass is 761 g/mol. The Morgan fingerprint density at radius 2 is 1.91 bits per heavy atom. The van der Waals surface area contributed by atoms with Crippen molar-refractivity contribution in [2.75, 3.05) is 45.7 Å². The Morgan fingerprint density at radius 3 is 2.57 bits per heavy atom. The molecule has 1 amide bonds. The van der Waals surface area contributed by atoms with E-state index in [0.29, 0.717) is 21.8 Å². The summed E-state index contributed by atoms with van der Waals surface area (Å²) in [5.74, 6) is -3.15. The van der Waals surface area contributed by atoms with Gasteiger partial charge in [0.15, 0.2) is 11.9 Å². The number of ether oxygens (including phenoxy) is 2. The first-order valence-corrected chi connectivity index (χ1v) is 17.2. The number of benzene rings is 3. The van der Waals surface area contributed by atoms with Gasteiger partial charge in [0.1, 0.15) is 37.9 Å². The predicted molar refractivity (Wildman–Crippen MR) is 194 cm³/mol. The first-order chi connectivity index (χ1) is 25.7. The standard InChI is InChI=1S/C36H34F2N8O7S/c1-23(34-42-32(19-54-34)25-6-4-24(16-39)5-7-25)36(49,29-14-27(37)9-11-30(29)38)20-46(22-40-21-41-46)12-13-52-35(48)43-31-15-28(45(50)51)10-8-26(31)18-53-33(47)17-44(2)3/h4-11,14-15,19,21-23,49H,12-13,17-18,20H2,1-3H3/p+1/t23-,36+,46?/m0/s1. The van der Waals surface area contributed by atoms with Crippen molar-refractivity contribution in [1.82, 2.24) is 9.88 Å². The van der Waals surface area contributed by atoms with Crippen LogP contribution in [-0.4, -0.2) is 89.6 Å². The Balaban J connectivity index is 1.35. The molecule has 1 aliphatic rings. The van der Waals surface area contributed by atoms with Gasteiger partial charge in [-0.2, -0.15) is 10.3 Å². The van der Waals surface area contributed by atoms with Gasteiger partial charge in [-0.25, -0.2) is 18.6 Å². The number of aromatic nitrogens is 1. The molecule has 3 atom stereocenters. The number of nitrogens with zero attached hydrogens (tertiary/aromatic N) is 7. The molecule has 2 heterocycles. The number of nitrogens with one attached hydrogen (secondary N) is 1. The Kier molecular flexibility index (Phi) is 12.2. The number of hydrogen-bond donors (Lipinski definition) is 2. The third kappa shape index (κ3) is 9.31. The molecule has 15 nitrogen and oxygen atoms in total. The van der Waals surface area contributed by atoms with Gasteiger partial charge in [-0.1, -0.05) is 24.2 Å². The average Bonchev–Trinajstić information content (AvgIpc) is 3.82. The maximum absolute atomic E-state index is 15.5. The number of rotatable bonds is 15. The molecular weight excluding hydrogens is 727 g/mol. The molecule has 0 radical (unpaired) electrons. The van der Waals surface area contributed by atoms with Crippen LogP contribution in [0.5, 0.6) is 0 Å². The number of likely N-dealkylation sites (N-methyl/N-ethyl adjacent to an activating group) is 1. The van der Waals surface area contributed by atoms with Gasteiger partial charge in [-0.05, 0) is 50.5 Å². The molecule has 0 fully saturated rings. The summed E-state index contributed by atoms with van der Waals surface area (Å²) in [6.07, 6.45) is 1.57. The molecule has 5 rings (SSSR count). The van der Waals surface area contributed by atoms with E-state index in [0.717, 1.165) is 24.3 Å². The van der Waals surface area contributed by atoms with Crippen LogP contribution in [-0.2, 0) is 26.5 Å². The fourth-order valence-corrected chi connectivity index (χ4v) is 6.63. The van der Waals surface area contributed by atoms with Crippen LogP contribution in [0.3, 0.4) is 0 Å². The summed E-state index contributed by atoms with van der Waals surface area (Å²) >= 11 is 1.20. The van der Waals surface area contributed by atoms with Crippen LogP contribution in [0, 0.1) is 33.1 Å². The molecule has 0 spiro atoms. The number of esters is 1. The smallest absolute Gasteiger partial charge is 0.411 e. The molecule has 1 unspecified atom stereocenters. The summed E-state index contributed by atoms with van der Waals surface area (Å²) in [5, 5.41) is 42.1. The highest BCUT2D eigenvalue weighted by Gasteiger charge is 2.49. The van der Waals surface area contributed by atoms with E-state index in [9.17, 15) is 29.2 Å². The Bertz CT molecular complexity index is 2130. The van der Waals surface area contributed by atoms with Crippen LogP contribution in [0.2, 0.25) is 0 Å². The second-order valence-corrected chi connectivity index (χ2v) is 13.5. The van der Waals surface area contributed by atoms with Gasteiger partial charge in [-0.15, -0.1) is 15.9 Å². The van der Waals surface area contributed by atoms with Crippen molar-refractivity contribution in [1.29, 1.82) is 5.26 Å². The quantitative estimate of drug-likeness (QED) is 0.0675. The van der Waals surface area contributed by atoms with E-state index >= 15 is 4.39 Å². The number of carbonyl (C=O) groups is 2. The lowest BCUT2D eigenvalue weighted by Crippen LogP contribution is -2.54. The van der Waals surface area contributed by atoms with Crippen molar-refractivity contribution in [3.05, 3.63) is 109 Å². The zero-order valence-corrected chi connectivity index (χ0v) is 30.1. The van der Waals surface area contributed by atoms with Crippen LogP contribution < -0.4 is 5.32 Å². The highest BCUT2D eigenvalue weighted by atomic mass is 32.1. The molecule has 0 saturated carbocycles. The number of carbonyl (C=O) groups excluding carboxylic acids is 2. The number of halogens is 2. The maximum Gasteiger partial charge on any atom is 0.411 e. The summed E-state index contributed by atoms with van der Waals surface area (Å²) in [5.41, 5.74) is -0.851. The highest BCUT2D eigenvalue weighted by Crippen LogP contribution is 2.42. The number of quaternary nitrogens is 1. The summed E-state index contributed by atoms with van der Waals surface area (Å²) in [6, 6.07) is 15.2. The van der Waals surface area contributed by atoms with Crippen LogP contribution in [0.15, 0.2) is 76.1 Å². The Hall–Kier alpha value is -6.00. The molecule has 1 aromatic heterocycles. The number of aliphatic imine (C=N–C) groups is 1. The first-order valence-electron chi connectivity index (χ1n) is 16.3. The minimum absolute atomic E-state index is 0.00714. The number of thiazole rings is 1. The topological polar surface area (TPSA) is 193 Å². The van der Waals surface area contributed by atoms with Crippen molar-refractivity contribution in [3.63, 3.8) is 0 Å². The van der Waals surface area contributed by atoms with Gasteiger partial charge in [0.05, 0.1) is 39.5 Å². The number of anilines is 1. The molecule has 0 aliphatic carbocycles. The molecule has 0 saturated heterocycles. The highest BCUT2D eigenvalue weighted by molar-refractivity contribution is 7.10. The van der Waals surface area contributed by atoms with Gasteiger partial charge in [0.25, 0.3) is 5.69 Å². The van der Waals surface area contributed by atoms with Gasteiger partial charge in [0, 0.05) is 40.1 Å². The number of nitriles is 1. The predicted octanol–water partition coefficient (Wildman–Crippen LogP) is 5.51. The minimum Gasteiger partial charge on any atom is -0.460 e. The van der Waals surface area contributed by atoms with E-state index in [2.05, 4.69) is 21.5 Å². The van der Waals surface area contributed by atoms with Gasteiger partial charge in [-0.3, -0.25) is 25.1 Å². The number of non-ortho nitro benzene ring substituents is 1. The number of amides is 1. The van der Waals surface area contributed by atoms with E-state index in [1.54, 1.807) is 55.6 Å². The minimum atomic E-state index is -2.15. The number of nitro benzene ring substituents is 1. The van der Waals surface area contributed by atoms with Gasteiger partial charge >= 0.3 is 12.1 Å². The van der Waals surface area contributed by atoms with E-state index in [4.69, 9.17) is 19.7 Å². The lowest BCUT2D eigenvalue weighted by atomic mass is 9.81. The second kappa shape index (κ2) is 16.8. The van der Waals surface area contributed by atoms with E-state index in [1.807, 2.05) is 0 Å². The second-order valence-electron chi connectivity index (χ2n) is 12.7. The van der Waals surface area contributed by atoms with Crippen molar-refractivity contribution < 1.29 is 42.5 Å². The van der Waals surface area contributed by atoms with Gasteiger partial charge in [0.2, 0.25) is 6.34 Å². The fraction of sp³-hybridized carbons (Fsp3) is 0.278.